The van der Waals surface area contributed by atoms with Crippen molar-refractivity contribution in [2.75, 3.05) is 12.4 Å². The molecule has 4 rings (SSSR count). The smallest absolute Gasteiger partial charge is 0.130 e. The highest BCUT2D eigenvalue weighted by atomic mass is 16.5. The molecule has 0 fully saturated rings. The summed E-state index contributed by atoms with van der Waals surface area (Å²) in [6.07, 6.45) is 0. The van der Waals surface area contributed by atoms with Crippen LogP contribution in [0.4, 0.5) is 5.69 Å². The molecule has 0 aliphatic rings. The minimum atomic E-state index is 0.769. The second-order valence-electron chi connectivity index (χ2n) is 6.29. The van der Waals surface area contributed by atoms with E-state index < -0.39 is 0 Å². The van der Waals surface area contributed by atoms with Crippen LogP contribution < -0.4 is 10.1 Å². The zero-order chi connectivity index (χ0) is 18.5. The molecule has 4 aromatic rings. The van der Waals surface area contributed by atoms with E-state index in [-0.39, 0.29) is 0 Å². The second-order valence-corrected chi connectivity index (χ2v) is 6.29. The molecule has 0 atom stereocenters. The summed E-state index contributed by atoms with van der Waals surface area (Å²) in [6.45, 7) is 0.769. The lowest BCUT2D eigenvalue weighted by molar-refractivity contribution is 0.416. The first-order valence-corrected chi connectivity index (χ1v) is 8.90. The number of ether oxygens (including phenoxy) is 1. The van der Waals surface area contributed by atoms with Crippen molar-refractivity contribution in [2.45, 2.75) is 6.54 Å². The van der Waals surface area contributed by atoms with Gasteiger partial charge in [0.25, 0.3) is 0 Å². The lowest BCUT2D eigenvalue weighted by atomic mass is 10.1. The van der Waals surface area contributed by atoms with Gasteiger partial charge in [-0.2, -0.15) is 5.10 Å². The van der Waals surface area contributed by atoms with Gasteiger partial charge in [-0.25, -0.2) is 0 Å². The van der Waals surface area contributed by atoms with Gasteiger partial charge in [-0.3, -0.25) is 5.10 Å². The van der Waals surface area contributed by atoms with Gasteiger partial charge in [-0.05, 0) is 23.8 Å². The van der Waals surface area contributed by atoms with Gasteiger partial charge in [-0.15, -0.1) is 0 Å². The topological polar surface area (TPSA) is 49.9 Å². The number of nitrogens with zero attached hydrogens (tertiary/aromatic N) is 1. The van der Waals surface area contributed by atoms with E-state index in [1.54, 1.807) is 7.11 Å². The lowest BCUT2D eigenvalue weighted by Crippen LogP contribution is -2.00. The highest BCUT2D eigenvalue weighted by Gasteiger charge is 2.11. The Labute approximate surface area is 158 Å². The minimum Gasteiger partial charge on any atom is -0.496 e. The summed E-state index contributed by atoms with van der Waals surface area (Å²) in [5.74, 6) is 0.802. The van der Waals surface area contributed by atoms with Crippen molar-refractivity contribution in [1.29, 1.82) is 0 Å². The van der Waals surface area contributed by atoms with E-state index >= 15 is 0 Å². The van der Waals surface area contributed by atoms with E-state index in [0.717, 1.165) is 40.5 Å². The van der Waals surface area contributed by atoms with E-state index in [0.29, 0.717) is 0 Å². The maximum atomic E-state index is 5.62. The monoisotopic (exact) mass is 355 g/mol. The van der Waals surface area contributed by atoms with Crippen molar-refractivity contribution in [3.05, 3.63) is 90.5 Å². The van der Waals surface area contributed by atoms with Crippen LogP contribution >= 0.6 is 0 Å². The average molecular weight is 355 g/mol. The molecule has 134 valence electrons. The van der Waals surface area contributed by atoms with E-state index in [9.17, 15) is 0 Å². The number of aromatic nitrogens is 2. The molecule has 0 saturated carbocycles. The van der Waals surface area contributed by atoms with Crippen LogP contribution in [-0.4, -0.2) is 17.3 Å². The van der Waals surface area contributed by atoms with E-state index in [2.05, 4.69) is 39.8 Å². The lowest BCUT2D eigenvalue weighted by Gasteiger charge is -2.11. The third-order valence-corrected chi connectivity index (χ3v) is 4.48. The summed E-state index contributed by atoms with van der Waals surface area (Å²) in [6, 6.07) is 28.6. The number of H-pyrrole nitrogens is 1. The van der Waals surface area contributed by atoms with Crippen LogP contribution in [0, 0.1) is 0 Å². The summed E-state index contributed by atoms with van der Waals surface area (Å²) in [5.41, 5.74) is 6.17. The maximum Gasteiger partial charge on any atom is 0.130 e. The van der Waals surface area contributed by atoms with Crippen molar-refractivity contribution in [1.82, 2.24) is 10.2 Å². The summed E-state index contributed by atoms with van der Waals surface area (Å²) < 4.78 is 5.62. The average Bonchev–Trinajstić information content (AvgIpc) is 3.23. The molecule has 4 heteroatoms. The predicted octanol–water partition coefficient (Wildman–Crippen LogP) is 5.36. The molecule has 0 radical (unpaired) electrons. The number of hydrogen-bond acceptors (Lipinski definition) is 3. The van der Waals surface area contributed by atoms with Gasteiger partial charge >= 0.3 is 0 Å². The van der Waals surface area contributed by atoms with Crippen LogP contribution in [0.15, 0.2) is 84.9 Å². The molecule has 1 aromatic heterocycles. The fraction of sp³-hybridized carbons (Fsp3) is 0.0870. The van der Waals surface area contributed by atoms with Crippen molar-refractivity contribution < 1.29 is 4.74 Å². The number of hydrogen-bond donors (Lipinski definition) is 2. The Hall–Kier alpha value is -3.53. The van der Waals surface area contributed by atoms with E-state index in [4.69, 9.17) is 4.74 Å². The number of anilines is 1. The standard InChI is InChI=1S/C23H21N3O/c1-27-23-14-19(24-16-17-8-4-2-5-9-17)12-13-20(23)22-15-21(25-26-22)18-10-6-3-7-11-18/h2-15,24H,16H2,1H3,(H,25,26). The largest absolute Gasteiger partial charge is 0.496 e. The van der Waals surface area contributed by atoms with Gasteiger partial charge in [0, 0.05) is 29.4 Å². The molecule has 0 unspecified atom stereocenters. The highest BCUT2D eigenvalue weighted by Crippen LogP contribution is 2.33. The Bertz CT molecular complexity index is 1010. The quantitative estimate of drug-likeness (QED) is 0.489. The van der Waals surface area contributed by atoms with Crippen molar-refractivity contribution in [3.8, 4) is 28.3 Å². The molecule has 0 bridgehead atoms. The van der Waals surface area contributed by atoms with Gasteiger partial charge in [0.05, 0.1) is 18.5 Å². The molecule has 3 aromatic carbocycles. The summed E-state index contributed by atoms with van der Waals surface area (Å²) >= 11 is 0. The molecular formula is C23H21N3O. The normalized spacial score (nSPS) is 10.6. The maximum absolute atomic E-state index is 5.62. The Kier molecular flexibility index (Phi) is 4.88. The third kappa shape index (κ3) is 3.85. The van der Waals surface area contributed by atoms with Gasteiger partial charge < -0.3 is 10.1 Å². The molecule has 0 spiro atoms. The molecule has 27 heavy (non-hydrogen) atoms. The number of rotatable bonds is 6. The third-order valence-electron chi connectivity index (χ3n) is 4.48. The molecule has 1 heterocycles. The zero-order valence-corrected chi connectivity index (χ0v) is 15.1. The van der Waals surface area contributed by atoms with Crippen LogP contribution in [0.25, 0.3) is 22.5 Å². The fourth-order valence-corrected chi connectivity index (χ4v) is 3.04. The molecule has 0 aliphatic heterocycles. The molecule has 0 saturated heterocycles. The molecule has 0 aliphatic carbocycles. The van der Waals surface area contributed by atoms with Gasteiger partial charge in [0.2, 0.25) is 0 Å². The first-order valence-electron chi connectivity index (χ1n) is 8.90. The Morgan fingerprint density at radius 3 is 2.37 bits per heavy atom. The van der Waals surface area contributed by atoms with Crippen molar-refractivity contribution in [2.24, 2.45) is 0 Å². The minimum absolute atomic E-state index is 0.769. The fourth-order valence-electron chi connectivity index (χ4n) is 3.04. The second kappa shape index (κ2) is 7.79. The van der Waals surface area contributed by atoms with Crippen LogP contribution in [0.2, 0.25) is 0 Å². The Morgan fingerprint density at radius 1 is 0.889 bits per heavy atom. The van der Waals surface area contributed by atoms with E-state index in [1.807, 2.05) is 60.7 Å². The molecule has 0 amide bonds. The van der Waals surface area contributed by atoms with Crippen LogP contribution in [0.3, 0.4) is 0 Å². The van der Waals surface area contributed by atoms with Crippen LogP contribution in [0.5, 0.6) is 5.75 Å². The zero-order valence-electron chi connectivity index (χ0n) is 15.1. The SMILES string of the molecule is COc1cc(NCc2ccccc2)ccc1-c1cc(-c2ccccc2)n[nH]1. The van der Waals surface area contributed by atoms with Gasteiger partial charge in [0.1, 0.15) is 5.75 Å². The van der Waals surface area contributed by atoms with Gasteiger partial charge in [0.15, 0.2) is 0 Å². The number of benzene rings is 3. The predicted molar refractivity (Wildman–Crippen MR) is 110 cm³/mol. The molecular weight excluding hydrogens is 334 g/mol. The van der Waals surface area contributed by atoms with Crippen LogP contribution in [-0.2, 0) is 6.54 Å². The first-order chi connectivity index (χ1) is 13.3. The number of nitrogens with one attached hydrogen (secondary N) is 2. The summed E-state index contributed by atoms with van der Waals surface area (Å²) in [5, 5.41) is 11.0. The Balaban J connectivity index is 1.56. The van der Waals surface area contributed by atoms with Crippen molar-refractivity contribution >= 4 is 5.69 Å². The summed E-state index contributed by atoms with van der Waals surface area (Å²) in [4.78, 5) is 0. The Morgan fingerprint density at radius 2 is 1.63 bits per heavy atom. The van der Waals surface area contributed by atoms with Crippen molar-refractivity contribution in [3.63, 3.8) is 0 Å². The van der Waals surface area contributed by atoms with E-state index in [1.165, 1.54) is 5.56 Å². The number of aromatic amines is 1. The first kappa shape index (κ1) is 16.9. The molecule has 4 nitrogen and oxygen atoms in total. The highest BCUT2D eigenvalue weighted by molar-refractivity contribution is 5.74. The summed E-state index contributed by atoms with van der Waals surface area (Å²) in [7, 11) is 1.69. The number of methoxy groups -OCH3 is 1. The van der Waals surface area contributed by atoms with Gasteiger partial charge in [-0.1, -0.05) is 60.7 Å². The van der Waals surface area contributed by atoms with Crippen LogP contribution in [0.1, 0.15) is 5.56 Å². The molecule has 2 N–H and O–H groups in total.